The predicted molar refractivity (Wildman–Crippen MR) is 81.4 cm³/mol. The topological polar surface area (TPSA) is 78.4 Å². The fourth-order valence-corrected chi connectivity index (χ4v) is 2.58. The predicted octanol–water partition coefficient (Wildman–Crippen LogP) is 2.65. The van der Waals surface area contributed by atoms with Crippen molar-refractivity contribution in [3.63, 3.8) is 0 Å². The minimum Gasteiger partial charge on any atom is -0.508 e. The van der Waals surface area contributed by atoms with Crippen molar-refractivity contribution in [3.8, 4) is 5.75 Å². The van der Waals surface area contributed by atoms with Gasteiger partial charge in [-0.05, 0) is 36.4 Å². The van der Waals surface area contributed by atoms with Gasteiger partial charge >= 0.3 is 0 Å². The van der Waals surface area contributed by atoms with Crippen molar-refractivity contribution in [2.45, 2.75) is 6.54 Å². The summed E-state index contributed by atoms with van der Waals surface area (Å²) < 4.78 is 0.871. The molecule has 0 radical (unpaired) electrons. The second-order valence-electron chi connectivity index (χ2n) is 4.67. The molecule has 1 aliphatic rings. The summed E-state index contributed by atoms with van der Waals surface area (Å²) in [7, 11) is 0. The molecule has 21 heavy (non-hydrogen) atoms. The van der Waals surface area contributed by atoms with Crippen molar-refractivity contribution in [3.05, 3.63) is 57.6 Å². The number of halogens is 1. The van der Waals surface area contributed by atoms with Gasteiger partial charge in [0.2, 0.25) is 0 Å². The van der Waals surface area contributed by atoms with Crippen LogP contribution in [0.4, 0.5) is 5.69 Å². The highest BCUT2D eigenvalue weighted by atomic mass is 79.9. The van der Waals surface area contributed by atoms with Crippen molar-refractivity contribution in [1.82, 2.24) is 5.32 Å². The number of benzene rings is 2. The molecule has 0 bridgehead atoms. The zero-order valence-electron chi connectivity index (χ0n) is 10.8. The van der Waals surface area contributed by atoms with Crippen LogP contribution in [0.5, 0.6) is 5.75 Å². The lowest BCUT2D eigenvalue weighted by Crippen LogP contribution is -2.19. The number of nitrogens with one attached hydrogen (secondary N) is 2. The molecule has 0 saturated carbocycles. The van der Waals surface area contributed by atoms with Gasteiger partial charge in [-0.15, -0.1) is 0 Å². The van der Waals surface area contributed by atoms with Crippen LogP contribution in [0, 0.1) is 0 Å². The fraction of sp³-hybridized carbons (Fsp3) is 0.0667. The molecule has 5 nitrogen and oxygen atoms in total. The molecule has 3 rings (SSSR count). The largest absolute Gasteiger partial charge is 0.508 e. The van der Waals surface area contributed by atoms with Crippen LogP contribution in [0.3, 0.4) is 0 Å². The SMILES string of the molecule is O=C1NC(=O)c2cc(NCc3cc(Br)ccc3O)ccc21. The number of rotatable bonds is 3. The minimum atomic E-state index is -0.385. The number of anilines is 1. The van der Waals surface area contributed by atoms with Crippen molar-refractivity contribution >= 4 is 33.4 Å². The highest BCUT2D eigenvalue weighted by Gasteiger charge is 2.26. The molecule has 6 heteroatoms. The lowest BCUT2D eigenvalue weighted by Gasteiger charge is -2.09. The number of phenols is 1. The van der Waals surface area contributed by atoms with E-state index in [0.29, 0.717) is 23.4 Å². The first-order chi connectivity index (χ1) is 10.0. The van der Waals surface area contributed by atoms with Crippen molar-refractivity contribution < 1.29 is 14.7 Å². The molecule has 0 spiro atoms. The molecule has 106 valence electrons. The molecule has 2 aromatic rings. The van der Waals surface area contributed by atoms with E-state index in [1.54, 1.807) is 30.3 Å². The van der Waals surface area contributed by atoms with Gasteiger partial charge in [-0.1, -0.05) is 15.9 Å². The van der Waals surface area contributed by atoms with Crippen LogP contribution in [0.25, 0.3) is 0 Å². The Balaban J connectivity index is 1.80. The van der Waals surface area contributed by atoms with E-state index in [1.807, 2.05) is 6.07 Å². The molecule has 0 atom stereocenters. The molecule has 2 amide bonds. The van der Waals surface area contributed by atoms with E-state index in [4.69, 9.17) is 0 Å². The molecule has 0 aromatic heterocycles. The molecule has 1 aliphatic heterocycles. The van der Waals surface area contributed by atoms with Gasteiger partial charge in [0.25, 0.3) is 11.8 Å². The lowest BCUT2D eigenvalue weighted by molar-refractivity contribution is 0.0879. The van der Waals surface area contributed by atoms with Crippen LogP contribution in [0.15, 0.2) is 40.9 Å². The number of phenolic OH excluding ortho intramolecular Hbond substituents is 1. The highest BCUT2D eigenvalue weighted by Crippen LogP contribution is 2.24. The van der Waals surface area contributed by atoms with E-state index in [9.17, 15) is 14.7 Å². The first kappa shape index (κ1) is 13.6. The van der Waals surface area contributed by atoms with Crippen molar-refractivity contribution in [2.75, 3.05) is 5.32 Å². The zero-order chi connectivity index (χ0) is 15.0. The van der Waals surface area contributed by atoms with Gasteiger partial charge in [0.05, 0.1) is 11.1 Å². The Morgan fingerprint density at radius 2 is 1.81 bits per heavy atom. The number of hydrogen-bond donors (Lipinski definition) is 3. The Bertz CT molecular complexity index is 759. The smallest absolute Gasteiger partial charge is 0.259 e. The van der Waals surface area contributed by atoms with Gasteiger partial charge in [-0.2, -0.15) is 0 Å². The van der Waals surface area contributed by atoms with E-state index in [-0.39, 0.29) is 17.6 Å². The molecule has 2 aromatic carbocycles. The van der Waals surface area contributed by atoms with Gasteiger partial charge in [0.1, 0.15) is 5.75 Å². The Labute approximate surface area is 129 Å². The number of amides is 2. The molecule has 3 N–H and O–H groups in total. The molecule has 1 heterocycles. The molecular weight excluding hydrogens is 336 g/mol. The number of fused-ring (bicyclic) bond motifs is 1. The van der Waals surface area contributed by atoms with Crippen molar-refractivity contribution in [2.24, 2.45) is 0 Å². The first-order valence-electron chi connectivity index (χ1n) is 6.25. The minimum absolute atomic E-state index is 0.194. The van der Waals surface area contributed by atoms with E-state index >= 15 is 0 Å². The monoisotopic (exact) mass is 346 g/mol. The summed E-state index contributed by atoms with van der Waals surface area (Å²) in [5.41, 5.74) is 2.18. The summed E-state index contributed by atoms with van der Waals surface area (Å²) in [6.45, 7) is 0.402. The number of imide groups is 1. The van der Waals surface area contributed by atoms with E-state index in [0.717, 1.165) is 10.0 Å². The number of hydrogen-bond acceptors (Lipinski definition) is 4. The lowest BCUT2D eigenvalue weighted by atomic mass is 10.1. The summed E-state index contributed by atoms with van der Waals surface area (Å²) >= 11 is 3.35. The standard InChI is InChI=1S/C15H11BrN2O3/c16-9-1-4-13(19)8(5-9)7-17-10-2-3-11-12(6-10)15(21)18-14(11)20/h1-6,17,19H,7H2,(H,18,20,21). The Kier molecular flexibility index (Phi) is 3.39. The number of carbonyl (C=O) groups is 2. The molecule has 0 aliphatic carbocycles. The summed E-state index contributed by atoms with van der Waals surface area (Å²) in [6.07, 6.45) is 0. The Hall–Kier alpha value is -2.34. The number of aromatic hydroxyl groups is 1. The maximum atomic E-state index is 11.6. The summed E-state index contributed by atoms with van der Waals surface area (Å²) in [5, 5.41) is 15.1. The van der Waals surface area contributed by atoms with Crippen LogP contribution in [0.2, 0.25) is 0 Å². The van der Waals surface area contributed by atoms with Crippen molar-refractivity contribution in [1.29, 1.82) is 0 Å². The van der Waals surface area contributed by atoms with Crippen LogP contribution in [0.1, 0.15) is 26.3 Å². The van der Waals surface area contributed by atoms with E-state index in [1.165, 1.54) is 0 Å². The second kappa shape index (κ2) is 5.21. The summed E-state index contributed by atoms with van der Waals surface area (Å²) in [5.74, 6) is -0.560. The average molecular weight is 347 g/mol. The highest BCUT2D eigenvalue weighted by molar-refractivity contribution is 9.10. The maximum absolute atomic E-state index is 11.6. The average Bonchev–Trinajstić information content (AvgIpc) is 2.75. The third kappa shape index (κ3) is 2.62. The third-order valence-electron chi connectivity index (χ3n) is 3.26. The second-order valence-corrected chi connectivity index (χ2v) is 5.59. The number of carbonyl (C=O) groups excluding carboxylic acids is 2. The molecule has 0 unspecified atom stereocenters. The van der Waals surface area contributed by atoms with E-state index < -0.39 is 0 Å². The van der Waals surface area contributed by atoms with Crippen LogP contribution < -0.4 is 10.6 Å². The summed E-state index contributed by atoms with van der Waals surface area (Å²) in [4.78, 5) is 23.1. The Morgan fingerprint density at radius 1 is 1.05 bits per heavy atom. The summed E-state index contributed by atoms with van der Waals surface area (Å²) in [6, 6.07) is 10.1. The normalized spacial score (nSPS) is 13.0. The maximum Gasteiger partial charge on any atom is 0.259 e. The van der Waals surface area contributed by atoms with Gasteiger partial charge in [-0.3, -0.25) is 14.9 Å². The van der Waals surface area contributed by atoms with Crippen LogP contribution in [-0.2, 0) is 6.54 Å². The van der Waals surface area contributed by atoms with Crippen LogP contribution >= 0.6 is 15.9 Å². The molecule has 0 saturated heterocycles. The van der Waals surface area contributed by atoms with Gasteiger partial charge in [0, 0.05) is 22.3 Å². The molecular formula is C15H11BrN2O3. The third-order valence-corrected chi connectivity index (χ3v) is 3.75. The van der Waals surface area contributed by atoms with E-state index in [2.05, 4.69) is 26.6 Å². The zero-order valence-corrected chi connectivity index (χ0v) is 12.4. The first-order valence-corrected chi connectivity index (χ1v) is 7.05. The van der Waals surface area contributed by atoms with Gasteiger partial charge in [0.15, 0.2) is 0 Å². The molecule has 0 fully saturated rings. The fourth-order valence-electron chi connectivity index (χ4n) is 2.17. The van der Waals surface area contributed by atoms with Gasteiger partial charge in [-0.25, -0.2) is 0 Å². The van der Waals surface area contributed by atoms with Crippen LogP contribution in [-0.4, -0.2) is 16.9 Å². The Morgan fingerprint density at radius 3 is 2.62 bits per heavy atom. The quantitative estimate of drug-likeness (QED) is 0.746. The van der Waals surface area contributed by atoms with Gasteiger partial charge < -0.3 is 10.4 Å².